The molecule has 1 aliphatic rings. The van der Waals surface area contributed by atoms with Crippen molar-refractivity contribution >= 4 is 11.6 Å². The van der Waals surface area contributed by atoms with Gasteiger partial charge in [0, 0.05) is 18.7 Å². The van der Waals surface area contributed by atoms with Gasteiger partial charge in [-0.15, -0.1) is 0 Å². The zero-order valence-electron chi connectivity index (χ0n) is 11.4. The van der Waals surface area contributed by atoms with E-state index in [1.165, 1.54) is 12.8 Å². The number of ether oxygens (including phenoxy) is 1. The highest BCUT2D eigenvalue weighted by atomic mass is 35.5. The molecule has 0 unspecified atom stereocenters. The number of hydrogen-bond donors (Lipinski definition) is 1. The highest BCUT2D eigenvalue weighted by molar-refractivity contribution is 6.32. The van der Waals surface area contributed by atoms with Crippen LogP contribution in [0, 0.1) is 6.92 Å². The highest BCUT2D eigenvalue weighted by Gasteiger charge is 2.20. The zero-order chi connectivity index (χ0) is 13.9. The maximum absolute atomic E-state index is 6.13. The molecular formula is C16H17ClN2O. The molecule has 1 N–H and O–H groups in total. The third kappa shape index (κ3) is 3.50. The number of halogens is 1. The Morgan fingerprint density at radius 3 is 2.95 bits per heavy atom. The first-order valence-electron chi connectivity index (χ1n) is 6.84. The summed E-state index contributed by atoms with van der Waals surface area (Å²) in [6.07, 6.45) is 2.55. The Bertz CT molecular complexity index is 611. The molecule has 0 aliphatic heterocycles. The molecule has 1 saturated carbocycles. The third-order valence-corrected chi connectivity index (χ3v) is 3.54. The van der Waals surface area contributed by atoms with Crippen LogP contribution in [0.15, 0.2) is 36.4 Å². The monoisotopic (exact) mass is 288 g/mol. The first kappa shape index (κ1) is 13.4. The highest BCUT2D eigenvalue weighted by Crippen LogP contribution is 2.29. The Hall–Kier alpha value is -1.58. The molecule has 3 nitrogen and oxygen atoms in total. The van der Waals surface area contributed by atoms with Crippen molar-refractivity contribution in [2.75, 3.05) is 0 Å². The largest absolute Gasteiger partial charge is 0.437 e. The summed E-state index contributed by atoms with van der Waals surface area (Å²) in [7, 11) is 0. The van der Waals surface area contributed by atoms with Crippen LogP contribution in [0.3, 0.4) is 0 Å². The first-order chi connectivity index (χ1) is 9.70. The van der Waals surface area contributed by atoms with Crippen LogP contribution in [0.1, 0.15) is 24.1 Å². The van der Waals surface area contributed by atoms with Crippen molar-refractivity contribution in [3.8, 4) is 11.6 Å². The van der Waals surface area contributed by atoms with E-state index in [1.807, 2.05) is 43.3 Å². The number of nitrogens with zero attached hydrogens (tertiary/aromatic N) is 1. The minimum atomic E-state index is 0.576. The molecule has 0 bridgehead atoms. The average molecular weight is 289 g/mol. The van der Waals surface area contributed by atoms with E-state index in [0.29, 0.717) is 22.7 Å². The number of rotatable bonds is 5. The molecule has 0 atom stereocenters. The van der Waals surface area contributed by atoms with Gasteiger partial charge >= 0.3 is 0 Å². The normalized spacial score (nSPS) is 14.3. The molecule has 104 valence electrons. The second-order valence-corrected chi connectivity index (χ2v) is 5.57. The molecule has 1 aromatic carbocycles. The van der Waals surface area contributed by atoms with E-state index in [1.54, 1.807) is 0 Å². The molecule has 3 rings (SSSR count). The molecule has 1 aromatic heterocycles. The van der Waals surface area contributed by atoms with Crippen molar-refractivity contribution in [1.82, 2.24) is 10.3 Å². The van der Waals surface area contributed by atoms with Crippen molar-refractivity contribution < 1.29 is 4.74 Å². The predicted molar refractivity (Wildman–Crippen MR) is 80.4 cm³/mol. The van der Waals surface area contributed by atoms with E-state index in [9.17, 15) is 0 Å². The van der Waals surface area contributed by atoms with E-state index in [0.717, 1.165) is 17.8 Å². The van der Waals surface area contributed by atoms with Crippen LogP contribution in [0.4, 0.5) is 0 Å². The number of pyridine rings is 1. The third-order valence-electron chi connectivity index (χ3n) is 3.23. The summed E-state index contributed by atoms with van der Waals surface area (Å²) in [6.45, 7) is 2.79. The lowest BCUT2D eigenvalue weighted by molar-refractivity contribution is 0.459. The van der Waals surface area contributed by atoms with Gasteiger partial charge in [0.2, 0.25) is 5.88 Å². The van der Waals surface area contributed by atoms with Gasteiger partial charge < -0.3 is 10.1 Å². The zero-order valence-corrected chi connectivity index (χ0v) is 12.2. The fourth-order valence-corrected chi connectivity index (χ4v) is 2.11. The van der Waals surface area contributed by atoms with Crippen molar-refractivity contribution in [3.63, 3.8) is 0 Å². The molecule has 4 heteroatoms. The van der Waals surface area contributed by atoms with Gasteiger partial charge in [-0.3, -0.25) is 0 Å². The molecule has 0 saturated heterocycles. The van der Waals surface area contributed by atoms with E-state index >= 15 is 0 Å². The van der Waals surface area contributed by atoms with Gasteiger partial charge in [0.05, 0.1) is 10.7 Å². The van der Waals surface area contributed by atoms with E-state index < -0.39 is 0 Å². The molecule has 1 heterocycles. The van der Waals surface area contributed by atoms with Crippen molar-refractivity contribution in [1.29, 1.82) is 0 Å². The van der Waals surface area contributed by atoms with Crippen molar-refractivity contribution in [2.24, 2.45) is 0 Å². The second kappa shape index (κ2) is 5.81. The standard InChI is InChI=1S/C16H17ClN2O/c1-11-5-8-14(17)15(9-11)20-16-4-2-3-13(19-16)10-18-12-6-7-12/h2-5,8-9,12,18H,6-7,10H2,1H3. The molecule has 0 radical (unpaired) electrons. The Labute approximate surface area is 123 Å². The van der Waals surface area contributed by atoms with Crippen molar-refractivity contribution in [2.45, 2.75) is 32.4 Å². The van der Waals surface area contributed by atoms with Gasteiger partial charge in [0.15, 0.2) is 0 Å². The lowest BCUT2D eigenvalue weighted by Crippen LogP contribution is -2.16. The maximum Gasteiger partial charge on any atom is 0.219 e. The van der Waals surface area contributed by atoms with Gasteiger partial charge in [-0.05, 0) is 43.5 Å². The summed E-state index contributed by atoms with van der Waals surface area (Å²) in [5.74, 6) is 1.22. The van der Waals surface area contributed by atoms with Crippen LogP contribution >= 0.6 is 11.6 Å². The van der Waals surface area contributed by atoms with Crippen molar-refractivity contribution in [3.05, 3.63) is 52.7 Å². The minimum absolute atomic E-state index is 0.576. The SMILES string of the molecule is Cc1ccc(Cl)c(Oc2cccc(CNC3CC3)n2)c1. The van der Waals surface area contributed by atoms with E-state index in [-0.39, 0.29) is 0 Å². The summed E-state index contributed by atoms with van der Waals surface area (Å²) >= 11 is 6.13. The quantitative estimate of drug-likeness (QED) is 0.900. The molecule has 0 spiro atoms. The number of aryl methyl sites for hydroxylation is 1. The van der Waals surface area contributed by atoms with Gasteiger partial charge in [0.25, 0.3) is 0 Å². The van der Waals surface area contributed by atoms with Crippen LogP contribution in [0.5, 0.6) is 11.6 Å². The number of benzene rings is 1. The molecule has 0 amide bonds. The number of hydrogen-bond acceptors (Lipinski definition) is 3. The van der Waals surface area contributed by atoms with E-state index in [4.69, 9.17) is 16.3 Å². The fourth-order valence-electron chi connectivity index (χ4n) is 1.95. The lowest BCUT2D eigenvalue weighted by Gasteiger charge is -2.09. The summed E-state index contributed by atoms with van der Waals surface area (Å²) in [4.78, 5) is 4.50. The molecule has 1 aliphatic carbocycles. The molecule has 1 fully saturated rings. The lowest BCUT2D eigenvalue weighted by atomic mass is 10.2. The summed E-state index contributed by atoms with van der Waals surface area (Å²) in [6, 6.07) is 12.2. The van der Waals surface area contributed by atoms with Crippen LogP contribution in [0.2, 0.25) is 5.02 Å². The molecule has 20 heavy (non-hydrogen) atoms. The van der Waals surface area contributed by atoms with Crippen LogP contribution in [-0.2, 0) is 6.54 Å². The van der Waals surface area contributed by atoms with Gasteiger partial charge in [0.1, 0.15) is 5.75 Å². The smallest absolute Gasteiger partial charge is 0.219 e. The number of nitrogens with one attached hydrogen (secondary N) is 1. The summed E-state index contributed by atoms with van der Waals surface area (Å²) in [5.41, 5.74) is 2.09. The molecular weight excluding hydrogens is 272 g/mol. The van der Waals surface area contributed by atoms with Crippen LogP contribution in [0.25, 0.3) is 0 Å². The second-order valence-electron chi connectivity index (χ2n) is 5.16. The minimum Gasteiger partial charge on any atom is -0.437 e. The average Bonchev–Trinajstić information content (AvgIpc) is 3.25. The van der Waals surface area contributed by atoms with Gasteiger partial charge in [-0.2, -0.15) is 0 Å². The summed E-state index contributed by atoms with van der Waals surface area (Å²) in [5, 5.41) is 4.04. The Morgan fingerprint density at radius 1 is 1.30 bits per heavy atom. The van der Waals surface area contributed by atoms with E-state index in [2.05, 4.69) is 10.3 Å². The fraction of sp³-hybridized carbons (Fsp3) is 0.312. The van der Waals surface area contributed by atoms with Crippen LogP contribution < -0.4 is 10.1 Å². The van der Waals surface area contributed by atoms with Gasteiger partial charge in [-0.1, -0.05) is 23.7 Å². The van der Waals surface area contributed by atoms with Crippen LogP contribution in [-0.4, -0.2) is 11.0 Å². The molecule has 2 aromatic rings. The Morgan fingerprint density at radius 2 is 2.15 bits per heavy atom. The Kier molecular flexibility index (Phi) is 3.90. The Balaban J connectivity index is 1.72. The predicted octanol–water partition coefficient (Wildman–Crippen LogP) is 4.09. The number of aromatic nitrogens is 1. The first-order valence-corrected chi connectivity index (χ1v) is 7.22. The maximum atomic E-state index is 6.13. The summed E-state index contributed by atoms with van der Waals surface area (Å²) < 4.78 is 5.78. The topological polar surface area (TPSA) is 34.1 Å². The van der Waals surface area contributed by atoms with Gasteiger partial charge in [-0.25, -0.2) is 4.98 Å².